The van der Waals surface area contributed by atoms with Crippen LogP contribution in [-0.4, -0.2) is 23.7 Å². The molecule has 0 N–H and O–H groups in total. The van der Waals surface area contributed by atoms with Crippen LogP contribution in [0.4, 0.5) is 13.2 Å². The van der Waals surface area contributed by atoms with E-state index in [2.05, 4.69) is 15.9 Å². The molecule has 2 aliphatic carbocycles. The summed E-state index contributed by atoms with van der Waals surface area (Å²) in [6.07, 6.45) is 3.01. The van der Waals surface area contributed by atoms with Crippen LogP contribution in [0.1, 0.15) is 51.4 Å². The smallest absolute Gasteiger partial charge is 0.377 e. The normalized spacial score (nSPS) is 32.0. The van der Waals surface area contributed by atoms with Crippen molar-refractivity contribution in [2.75, 3.05) is 6.61 Å². The molecule has 5 heteroatoms. The lowest BCUT2D eigenvalue weighted by atomic mass is 9.61. The first kappa shape index (κ1) is 14.6. The highest BCUT2D eigenvalue weighted by molar-refractivity contribution is 9.09. The maximum Gasteiger partial charge on any atom is 0.391 e. The SMILES string of the molecule is FC(F)(F)CCOC1CC(Br)C12CCCCCC2. The average Bonchev–Trinajstić information content (AvgIpc) is 2.54. The van der Waals surface area contributed by atoms with Crippen LogP contribution in [0.15, 0.2) is 0 Å². The van der Waals surface area contributed by atoms with Gasteiger partial charge in [-0.05, 0) is 19.3 Å². The van der Waals surface area contributed by atoms with Gasteiger partial charge in [-0.25, -0.2) is 0 Å². The predicted octanol–water partition coefficient (Wildman–Crippen LogP) is 4.83. The molecule has 0 bridgehead atoms. The molecule has 18 heavy (non-hydrogen) atoms. The molecule has 0 aromatic heterocycles. The summed E-state index contributed by atoms with van der Waals surface area (Å²) < 4.78 is 41.9. The first-order chi connectivity index (χ1) is 8.44. The minimum Gasteiger partial charge on any atom is -0.377 e. The van der Waals surface area contributed by atoms with Crippen LogP contribution in [0.3, 0.4) is 0 Å². The van der Waals surface area contributed by atoms with Crippen LogP contribution < -0.4 is 0 Å². The summed E-state index contributed by atoms with van der Waals surface area (Å²) in [6, 6.07) is 0. The van der Waals surface area contributed by atoms with Gasteiger partial charge in [-0.2, -0.15) is 13.2 Å². The van der Waals surface area contributed by atoms with E-state index in [4.69, 9.17) is 4.74 Å². The quantitative estimate of drug-likeness (QED) is 0.674. The average molecular weight is 329 g/mol. The Hall–Kier alpha value is 0.230. The summed E-state index contributed by atoms with van der Waals surface area (Å²) in [5.74, 6) is 0. The molecule has 2 aliphatic rings. The molecule has 0 aliphatic heterocycles. The Morgan fingerprint density at radius 3 is 2.22 bits per heavy atom. The molecule has 0 heterocycles. The van der Waals surface area contributed by atoms with Gasteiger partial charge in [0, 0.05) is 10.2 Å². The van der Waals surface area contributed by atoms with Gasteiger partial charge in [0.1, 0.15) is 0 Å². The third-order valence-electron chi connectivity index (χ3n) is 4.43. The molecule has 1 nitrogen and oxygen atoms in total. The lowest BCUT2D eigenvalue weighted by molar-refractivity contribution is -0.169. The molecule has 0 amide bonds. The Labute approximate surface area is 115 Å². The fourth-order valence-corrected chi connectivity index (χ4v) is 4.36. The Kier molecular flexibility index (Phi) is 4.63. The Morgan fingerprint density at radius 2 is 1.72 bits per heavy atom. The van der Waals surface area contributed by atoms with Gasteiger partial charge in [-0.3, -0.25) is 0 Å². The van der Waals surface area contributed by atoms with Crippen molar-refractivity contribution in [3.05, 3.63) is 0 Å². The van der Waals surface area contributed by atoms with E-state index >= 15 is 0 Å². The van der Waals surface area contributed by atoms with E-state index in [9.17, 15) is 13.2 Å². The predicted molar refractivity (Wildman–Crippen MR) is 67.9 cm³/mol. The second-order valence-electron chi connectivity index (χ2n) is 5.58. The highest BCUT2D eigenvalue weighted by atomic mass is 79.9. The van der Waals surface area contributed by atoms with Gasteiger partial charge in [0.15, 0.2) is 0 Å². The van der Waals surface area contributed by atoms with Gasteiger partial charge >= 0.3 is 6.18 Å². The highest BCUT2D eigenvalue weighted by Gasteiger charge is 2.54. The topological polar surface area (TPSA) is 9.23 Å². The number of alkyl halides is 4. The second kappa shape index (κ2) is 5.70. The van der Waals surface area contributed by atoms with E-state index in [1.54, 1.807) is 0 Å². The molecule has 0 aromatic rings. The van der Waals surface area contributed by atoms with Crippen LogP contribution >= 0.6 is 15.9 Å². The summed E-state index contributed by atoms with van der Waals surface area (Å²) >= 11 is 3.68. The van der Waals surface area contributed by atoms with E-state index < -0.39 is 12.6 Å². The fraction of sp³-hybridized carbons (Fsp3) is 1.00. The molecular formula is C13H20BrF3O. The van der Waals surface area contributed by atoms with Gasteiger partial charge in [-0.1, -0.05) is 41.6 Å². The maximum absolute atomic E-state index is 12.1. The summed E-state index contributed by atoms with van der Waals surface area (Å²) in [6.45, 7) is -0.185. The van der Waals surface area contributed by atoms with Crippen molar-refractivity contribution in [3.63, 3.8) is 0 Å². The third kappa shape index (κ3) is 3.21. The summed E-state index contributed by atoms with van der Waals surface area (Å²) in [4.78, 5) is 0.430. The van der Waals surface area contributed by atoms with E-state index in [-0.39, 0.29) is 18.1 Å². The maximum atomic E-state index is 12.1. The molecule has 1 spiro atoms. The number of ether oxygens (including phenoxy) is 1. The van der Waals surface area contributed by atoms with Gasteiger partial charge in [0.2, 0.25) is 0 Å². The molecular weight excluding hydrogens is 309 g/mol. The van der Waals surface area contributed by atoms with Crippen molar-refractivity contribution < 1.29 is 17.9 Å². The minimum absolute atomic E-state index is 0.0299. The van der Waals surface area contributed by atoms with Crippen molar-refractivity contribution in [2.45, 2.75) is 68.5 Å². The van der Waals surface area contributed by atoms with Gasteiger partial charge in [0.25, 0.3) is 0 Å². The van der Waals surface area contributed by atoms with Gasteiger partial charge < -0.3 is 4.74 Å². The van der Waals surface area contributed by atoms with E-state index in [0.717, 1.165) is 19.3 Å². The van der Waals surface area contributed by atoms with Crippen LogP contribution in [0.25, 0.3) is 0 Å². The van der Waals surface area contributed by atoms with Crippen LogP contribution in [0, 0.1) is 5.41 Å². The van der Waals surface area contributed by atoms with Gasteiger partial charge in [-0.15, -0.1) is 0 Å². The molecule has 2 atom stereocenters. The zero-order valence-electron chi connectivity index (χ0n) is 10.4. The molecule has 0 radical (unpaired) electrons. The fourth-order valence-electron chi connectivity index (χ4n) is 3.27. The number of hydrogen-bond donors (Lipinski definition) is 0. The Bertz CT molecular complexity index is 272. The van der Waals surface area contributed by atoms with Crippen LogP contribution in [0.5, 0.6) is 0 Å². The van der Waals surface area contributed by atoms with Crippen molar-refractivity contribution in [1.82, 2.24) is 0 Å². The number of halogens is 4. The molecule has 0 aromatic carbocycles. The Balaban J connectivity index is 1.85. The minimum atomic E-state index is -4.10. The molecule has 106 valence electrons. The highest BCUT2D eigenvalue weighted by Crippen LogP contribution is 2.55. The van der Waals surface area contributed by atoms with Gasteiger partial charge in [0.05, 0.1) is 19.1 Å². The van der Waals surface area contributed by atoms with Crippen LogP contribution in [0.2, 0.25) is 0 Å². The van der Waals surface area contributed by atoms with Crippen molar-refractivity contribution in [3.8, 4) is 0 Å². The standard InChI is InChI=1S/C13H20BrF3O/c14-10-9-11(18-8-7-13(15,16)17)12(10)5-3-1-2-4-6-12/h10-11H,1-9H2. The largest absolute Gasteiger partial charge is 0.391 e. The second-order valence-corrected chi connectivity index (χ2v) is 6.68. The molecule has 2 unspecified atom stereocenters. The molecule has 2 rings (SSSR count). The Morgan fingerprint density at radius 1 is 1.11 bits per heavy atom. The third-order valence-corrected chi connectivity index (χ3v) is 5.71. The lowest BCUT2D eigenvalue weighted by Gasteiger charge is -2.53. The first-order valence-electron chi connectivity index (χ1n) is 6.76. The number of hydrogen-bond acceptors (Lipinski definition) is 1. The summed E-state index contributed by atoms with van der Waals surface area (Å²) in [7, 11) is 0. The van der Waals surface area contributed by atoms with E-state index in [0.29, 0.717) is 4.83 Å². The summed E-state index contributed by atoms with van der Waals surface area (Å²) in [5, 5.41) is 0. The summed E-state index contributed by atoms with van der Waals surface area (Å²) in [5.41, 5.74) is 0.113. The van der Waals surface area contributed by atoms with Crippen molar-refractivity contribution >= 4 is 15.9 Å². The monoisotopic (exact) mass is 328 g/mol. The lowest BCUT2D eigenvalue weighted by Crippen LogP contribution is -2.55. The molecule has 2 fully saturated rings. The van der Waals surface area contributed by atoms with Crippen LogP contribution in [-0.2, 0) is 4.74 Å². The van der Waals surface area contributed by atoms with E-state index in [1.165, 1.54) is 25.7 Å². The molecule has 2 saturated carbocycles. The zero-order valence-corrected chi connectivity index (χ0v) is 12.0. The van der Waals surface area contributed by atoms with Crippen molar-refractivity contribution in [2.24, 2.45) is 5.41 Å². The first-order valence-corrected chi connectivity index (χ1v) is 7.68. The molecule has 0 saturated heterocycles. The van der Waals surface area contributed by atoms with Crippen molar-refractivity contribution in [1.29, 1.82) is 0 Å². The zero-order chi connectivity index (χ0) is 13.2. The van der Waals surface area contributed by atoms with E-state index in [1.807, 2.05) is 0 Å². The number of rotatable bonds is 3.